The van der Waals surface area contributed by atoms with Crippen LogP contribution in [-0.2, 0) is 68.3 Å². The molecule has 0 heterocycles. The molecule has 0 radical (unpaired) electrons. The van der Waals surface area contributed by atoms with Gasteiger partial charge in [-0.3, -0.25) is 9.59 Å². The number of ether oxygens (including phenoxy) is 1. The molecule has 6 aromatic rings. The minimum Gasteiger partial charge on any atom is -0.427 e. The lowest BCUT2D eigenvalue weighted by Gasteiger charge is -2.46. The molecule has 6 aromatic carbocycles. The van der Waals surface area contributed by atoms with Gasteiger partial charge in [0.1, 0.15) is 28.1 Å². The van der Waals surface area contributed by atoms with Crippen LogP contribution < -0.4 is 26.6 Å². The van der Waals surface area contributed by atoms with Crippen LogP contribution in [0.3, 0.4) is 0 Å². The number of rotatable bonds is 9. The van der Waals surface area contributed by atoms with Gasteiger partial charge < -0.3 is 4.74 Å². The zero-order valence-corrected chi connectivity index (χ0v) is 39.8. The van der Waals surface area contributed by atoms with Gasteiger partial charge in [0.15, 0.2) is 10.6 Å². The molecule has 0 saturated heterocycles. The lowest BCUT2D eigenvalue weighted by Crippen LogP contribution is -2.75. The van der Waals surface area contributed by atoms with Gasteiger partial charge in [-0.05, 0) is 48.5 Å². The van der Waals surface area contributed by atoms with Crippen molar-refractivity contribution in [3.05, 3.63) is 177 Å². The smallest absolute Gasteiger partial charge is 0.416 e. The zero-order chi connectivity index (χ0) is 60.1. The van der Waals surface area contributed by atoms with Crippen LogP contribution >= 0.6 is 0 Å². The monoisotopic (exact) mass is 1180 g/mol. The van der Waals surface area contributed by atoms with Crippen LogP contribution in [0.1, 0.15) is 61.8 Å². The van der Waals surface area contributed by atoms with Gasteiger partial charge in [-0.15, -0.1) is 0 Å². The number of ketones is 1. The summed E-state index contributed by atoms with van der Waals surface area (Å²) in [4.78, 5) is 23.6. The molecule has 0 aliphatic rings. The second-order valence-corrected chi connectivity index (χ2v) is 20.0. The molecule has 30 heteroatoms. The van der Waals surface area contributed by atoms with E-state index in [-0.39, 0.29) is 11.5 Å². The summed E-state index contributed by atoms with van der Waals surface area (Å²) < 4.78 is 359. The Morgan fingerprint density at radius 2 is 0.633 bits per heavy atom. The second kappa shape index (κ2) is 21.6. The Hall–Kier alpha value is -7.01. The van der Waals surface area contributed by atoms with E-state index in [2.05, 4.69) is 0 Å². The van der Waals surface area contributed by atoms with Gasteiger partial charge in [0.25, 0.3) is 0 Å². The highest BCUT2D eigenvalue weighted by atomic mass is 32.2. The lowest BCUT2D eigenvalue weighted by atomic mass is 9.12. The van der Waals surface area contributed by atoms with E-state index in [0.29, 0.717) is 16.2 Å². The highest BCUT2D eigenvalue weighted by molar-refractivity contribution is 8.03. The molecule has 6 rings (SSSR count). The van der Waals surface area contributed by atoms with Gasteiger partial charge in [-0.1, -0.05) is 83.1 Å². The molecule has 0 bridgehead atoms. The average Bonchev–Trinajstić information content (AvgIpc) is 3.35. The number of hydrogen-bond donors (Lipinski definition) is 0. The van der Waals surface area contributed by atoms with Crippen LogP contribution in [0.25, 0.3) is 0 Å². The summed E-state index contributed by atoms with van der Waals surface area (Å²) in [5.74, 6) is -0.230. The van der Waals surface area contributed by atoms with E-state index < -0.39 is 211 Å². The van der Waals surface area contributed by atoms with Crippen molar-refractivity contribution in [1.29, 1.82) is 0 Å². The maximum atomic E-state index is 14.2. The van der Waals surface area contributed by atoms with Crippen molar-refractivity contribution in [3.8, 4) is 5.75 Å². The molecule has 0 fully saturated rings. The molecule has 0 amide bonds. The Morgan fingerprint density at radius 1 is 0.392 bits per heavy atom. The third kappa shape index (κ3) is 15.0. The van der Waals surface area contributed by atoms with Crippen molar-refractivity contribution in [2.45, 2.75) is 61.2 Å². The molecular formula is C49H29BF24O4S. The summed E-state index contributed by atoms with van der Waals surface area (Å²) in [7, 11) is -2.49. The van der Waals surface area contributed by atoms with E-state index in [9.17, 15) is 119 Å². The van der Waals surface area contributed by atoms with Crippen LogP contribution in [0.5, 0.6) is 5.75 Å². The summed E-state index contributed by atoms with van der Waals surface area (Å²) in [6.45, 7) is 1.31. The Kier molecular flexibility index (Phi) is 17.2. The van der Waals surface area contributed by atoms with E-state index in [4.69, 9.17) is 4.74 Å². The van der Waals surface area contributed by atoms with Crippen LogP contribution in [0.2, 0.25) is 0 Å². The largest absolute Gasteiger partial charge is 0.427 e. The fourth-order valence-electron chi connectivity index (χ4n) is 8.07. The van der Waals surface area contributed by atoms with Crippen molar-refractivity contribution in [3.63, 3.8) is 0 Å². The molecule has 0 aromatic heterocycles. The molecular weight excluding hydrogens is 1150 g/mol. The first-order valence-corrected chi connectivity index (χ1v) is 23.5. The topological polar surface area (TPSA) is 60.4 Å². The summed E-state index contributed by atoms with van der Waals surface area (Å²) >= 11 is 0. The van der Waals surface area contributed by atoms with Gasteiger partial charge in [0.2, 0.25) is 5.78 Å². The molecule has 0 spiro atoms. The Balaban J connectivity index is 0.000000433. The summed E-state index contributed by atoms with van der Waals surface area (Å²) in [6, 6.07) is 6.39. The predicted octanol–water partition coefficient (Wildman–Crippen LogP) is 14.2. The first-order chi connectivity index (χ1) is 35.6. The molecule has 4 nitrogen and oxygen atoms in total. The average molecular weight is 1180 g/mol. The van der Waals surface area contributed by atoms with Crippen molar-refractivity contribution in [1.82, 2.24) is 0 Å². The van der Waals surface area contributed by atoms with Gasteiger partial charge >= 0.3 is 55.4 Å². The lowest BCUT2D eigenvalue weighted by molar-refractivity contribution is -0.144. The summed E-state index contributed by atoms with van der Waals surface area (Å²) in [5.41, 5.74) is -29.7. The van der Waals surface area contributed by atoms with Crippen molar-refractivity contribution in [2.24, 2.45) is 0 Å². The summed E-state index contributed by atoms with van der Waals surface area (Å²) in [6.07, 6.45) is -53.2. The normalized spacial score (nSPS) is 14.0. The van der Waals surface area contributed by atoms with E-state index in [1.54, 1.807) is 54.8 Å². The first-order valence-electron chi connectivity index (χ1n) is 21.3. The maximum Gasteiger partial charge on any atom is 0.416 e. The minimum atomic E-state index is -6.13. The molecule has 79 heavy (non-hydrogen) atoms. The Bertz CT molecular complexity index is 2820. The molecule has 1 unspecified atom stereocenters. The molecule has 426 valence electrons. The fraction of sp³-hybridized carbons (Fsp3) is 0.224. The quantitative estimate of drug-likeness (QED) is 0.0361. The van der Waals surface area contributed by atoms with Gasteiger partial charge in [0.05, 0.1) is 44.5 Å². The Morgan fingerprint density at radius 3 is 0.848 bits per heavy atom. The number of alkyl halides is 24. The number of benzene rings is 6. The van der Waals surface area contributed by atoms with E-state index in [0.717, 1.165) is 0 Å². The SMILES string of the molecule is CC(=O)Oc1ccc([S+](C)(=O)CC(=O)c2ccccc2)cc1.FC(F)(F)c1cc([B-](c2cc(C(F)(F)F)cc(C(F)(F)F)c2)(c2cc(C(F)(F)F)cc(C(F)(F)F)c2)c2cc(C(F)(F)F)cc(C(F)(F)F)c2)cc(C(F)(F)F)c1. The number of hydrogen-bond acceptors (Lipinski definition) is 4. The van der Waals surface area contributed by atoms with E-state index in [1.165, 1.54) is 6.92 Å². The van der Waals surface area contributed by atoms with Crippen LogP contribution in [-0.4, -0.2) is 29.9 Å². The van der Waals surface area contributed by atoms with Crippen LogP contribution in [0, 0.1) is 0 Å². The highest BCUT2D eigenvalue weighted by Crippen LogP contribution is 2.41. The summed E-state index contributed by atoms with van der Waals surface area (Å²) in [5, 5.41) is 0. The van der Waals surface area contributed by atoms with Gasteiger partial charge in [-0.2, -0.15) is 127 Å². The molecule has 1 atom stereocenters. The van der Waals surface area contributed by atoms with E-state index in [1.807, 2.05) is 6.07 Å². The standard InChI is InChI=1S/C32H12BF24.C17H17O4S/c34-25(35,36)13-1-14(26(37,38)39)6-21(5-13)33(22-7-15(27(40,41)42)2-16(8-22)28(43,44)45,23-9-17(29(46,47)48)3-18(10-23)30(49,50)51)24-11-19(31(52,53)54)4-20(12-24)32(55,56)57;1-13(18)21-15-8-10-16(11-9-15)22(2,20)12-17(19)14-6-4-3-5-7-14/h1-12H;3-11H,12H2,1-2H3/q-1;+1. The minimum absolute atomic E-state index is 0.0517. The fourth-order valence-corrected chi connectivity index (χ4v) is 9.62. The van der Waals surface area contributed by atoms with Gasteiger partial charge in [0, 0.05) is 12.5 Å². The number of halogens is 24. The van der Waals surface area contributed by atoms with E-state index >= 15 is 0 Å². The van der Waals surface area contributed by atoms with Crippen LogP contribution in [0.4, 0.5) is 105 Å². The third-order valence-electron chi connectivity index (χ3n) is 11.5. The number of carbonyl (C=O) groups excluding carboxylic acids is 2. The highest BCUT2D eigenvalue weighted by Gasteiger charge is 2.47. The van der Waals surface area contributed by atoms with Crippen molar-refractivity contribution >= 4 is 49.7 Å². The molecule has 0 saturated carbocycles. The maximum absolute atomic E-state index is 14.2. The molecule has 0 aliphatic heterocycles. The van der Waals surface area contributed by atoms with Crippen LogP contribution in [0.15, 0.2) is 132 Å². The van der Waals surface area contributed by atoms with Crippen molar-refractivity contribution in [2.75, 3.05) is 12.0 Å². The third-order valence-corrected chi connectivity index (χ3v) is 13.6. The predicted molar refractivity (Wildman–Crippen MR) is 236 cm³/mol. The second-order valence-electron chi connectivity index (χ2n) is 17.2. The number of Topliss-reactive ketones (excluding diaryl/α,β-unsaturated/α-hetero) is 1. The Labute approximate surface area is 429 Å². The molecule has 0 N–H and O–H groups in total. The van der Waals surface area contributed by atoms with Crippen molar-refractivity contribution < 1.29 is 124 Å². The zero-order valence-electron chi connectivity index (χ0n) is 39.0. The first kappa shape index (κ1) is 62.8. The number of esters is 1. The number of carbonyl (C=O) groups is 2. The van der Waals surface area contributed by atoms with Gasteiger partial charge in [-0.25, -0.2) is 0 Å². The molecule has 0 aliphatic carbocycles.